The summed E-state index contributed by atoms with van der Waals surface area (Å²) >= 11 is 0. The first-order valence-electron chi connectivity index (χ1n) is 9.04. The molecular weight excluding hydrogens is 280 g/mol. The van der Waals surface area contributed by atoms with Crippen LogP contribution in [-0.2, 0) is 14.3 Å². The van der Waals surface area contributed by atoms with Gasteiger partial charge in [0.15, 0.2) is 0 Å². The third-order valence-electron chi connectivity index (χ3n) is 3.83. The lowest BCUT2D eigenvalue weighted by molar-refractivity contribution is -0.143. The van der Waals surface area contributed by atoms with Gasteiger partial charge in [0, 0.05) is 12.8 Å². The van der Waals surface area contributed by atoms with Crippen molar-refractivity contribution in [2.45, 2.75) is 96.8 Å². The van der Waals surface area contributed by atoms with Gasteiger partial charge >= 0.3 is 11.9 Å². The van der Waals surface area contributed by atoms with E-state index >= 15 is 0 Å². The molecule has 0 aliphatic carbocycles. The Kier molecular flexibility index (Phi) is 15.5. The fourth-order valence-corrected chi connectivity index (χ4v) is 2.55. The highest BCUT2D eigenvalue weighted by Crippen LogP contribution is 2.13. The predicted octanol–water partition coefficient (Wildman–Crippen LogP) is 5.10. The number of hydrogen-bond acceptors (Lipinski definition) is 3. The van der Waals surface area contributed by atoms with Gasteiger partial charge in [-0.15, -0.1) is 0 Å². The molecule has 130 valence electrons. The van der Waals surface area contributed by atoms with E-state index in [9.17, 15) is 9.59 Å². The summed E-state index contributed by atoms with van der Waals surface area (Å²) in [6.45, 7) is 2.33. The maximum absolute atomic E-state index is 11.1. The normalized spacial score (nSPS) is 10.6. The molecule has 0 amide bonds. The topological polar surface area (TPSA) is 63.6 Å². The zero-order chi connectivity index (χ0) is 16.5. The molecule has 1 N–H and O–H groups in total. The van der Waals surface area contributed by atoms with E-state index in [0.29, 0.717) is 19.4 Å². The van der Waals surface area contributed by atoms with Crippen LogP contribution in [0.1, 0.15) is 96.8 Å². The number of esters is 1. The second-order valence-electron chi connectivity index (χ2n) is 5.94. The molecule has 0 aromatic carbocycles. The van der Waals surface area contributed by atoms with E-state index in [1.165, 1.54) is 51.4 Å². The number of carboxylic acids is 1. The van der Waals surface area contributed by atoms with Gasteiger partial charge in [-0.3, -0.25) is 9.59 Å². The number of carbonyl (C=O) groups is 2. The largest absolute Gasteiger partial charge is 0.481 e. The smallest absolute Gasteiger partial charge is 0.305 e. The summed E-state index contributed by atoms with van der Waals surface area (Å²) in [4.78, 5) is 21.5. The summed E-state index contributed by atoms with van der Waals surface area (Å²) in [6.07, 6.45) is 14.9. The molecule has 0 aliphatic rings. The van der Waals surface area contributed by atoms with Gasteiger partial charge in [-0.05, 0) is 19.8 Å². The van der Waals surface area contributed by atoms with E-state index in [-0.39, 0.29) is 5.97 Å². The first-order valence-corrected chi connectivity index (χ1v) is 9.04. The van der Waals surface area contributed by atoms with E-state index in [1.807, 2.05) is 6.92 Å². The van der Waals surface area contributed by atoms with Crippen LogP contribution in [0.2, 0.25) is 0 Å². The molecule has 0 atom stereocenters. The van der Waals surface area contributed by atoms with E-state index < -0.39 is 5.97 Å². The fourth-order valence-electron chi connectivity index (χ4n) is 2.55. The Morgan fingerprint density at radius 1 is 0.682 bits per heavy atom. The highest BCUT2D eigenvalue weighted by molar-refractivity contribution is 5.69. The number of hydrogen-bond donors (Lipinski definition) is 1. The molecule has 0 spiro atoms. The summed E-state index contributed by atoms with van der Waals surface area (Å²) in [7, 11) is 0. The second kappa shape index (κ2) is 16.3. The van der Waals surface area contributed by atoms with Crippen molar-refractivity contribution < 1.29 is 19.4 Å². The van der Waals surface area contributed by atoms with E-state index in [2.05, 4.69) is 0 Å². The van der Waals surface area contributed by atoms with Gasteiger partial charge in [-0.2, -0.15) is 0 Å². The zero-order valence-corrected chi connectivity index (χ0v) is 14.3. The van der Waals surface area contributed by atoms with E-state index in [4.69, 9.17) is 9.84 Å². The minimum absolute atomic E-state index is 0.0640. The zero-order valence-electron chi connectivity index (χ0n) is 14.3. The minimum atomic E-state index is -0.678. The van der Waals surface area contributed by atoms with Crippen LogP contribution in [0.3, 0.4) is 0 Å². The number of ether oxygens (including phenoxy) is 1. The van der Waals surface area contributed by atoms with E-state index in [0.717, 1.165) is 25.7 Å². The molecule has 0 bridgehead atoms. The number of unbranched alkanes of at least 4 members (excludes halogenated alkanes) is 11. The molecule has 0 unspecified atom stereocenters. The highest BCUT2D eigenvalue weighted by atomic mass is 16.5. The Morgan fingerprint density at radius 2 is 1.05 bits per heavy atom. The number of aliphatic carboxylic acids is 1. The summed E-state index contributed by atoms with van der Waals surface area (Å²) < 4.78 is 4.89. The molecule has 4 nitrogen and oxygen atoms in total. The molecule has 0 heterocycles. The maximum Gasteiger partial charge on any atom is 0.305 e. The van der Waals surface area contributed by atoms with Crippen LogP contribution >= 0.6 is 0 Å². The van der Waals surface area contributed by atoms with E-state index in [1.54, 1.807) is 0 Å². The Hall–Kier alpha value is -1.06. The van der Waals surface area contributed by atoms with Crippen LogP contribution in [0.25, 0.3) is 0 Å². The fraction of sp³-hybridized carbons (Fsp3) is 0.889. The summed E-state index contributed by atoms with van der Waals surface area (Å²) in [6, 6.07) is 0. The van der Waals surface area contributed by atoms with Gasteiger partial charge in [0.05, 0.1) is 6.61 Å². The number of carbonyl (C=O) groups excluding carboxylic acids is 1. The van der Waals surface area contributed by atoms with Gasteiger partial charge in [0.25, 0.3) is 0 Å². The first kappa shape index (κ1) is 20.9. The maximum atomic E-state index is 11.1. The van der Waals surface area contributed by atoms with Crippen LogP contribution in [0.15, 0.2) is 0 Å². The van der Waals surface area contributed by atoms with Gasteiger partial charge in [-0.1, -0.05) is 64.2 Å². The van der Waals surface area contributed by atoms with Gasteiger partial charge in [0.2, 0.25) is 0 Å². The molecule has 0 saturated carbocycles. The molecule has 0 radical (unpaired) electrons. The molecule has 4 heteroatoms. The van der Waals surface area contributed by atoms with Crippen LogP contribution in [0, 0.1) is 0 Å². The summed E-state index contributed by atoms with van der Waals surface area (Å²) in [5.41, 5.74) is 0. The van der Waals surface area contributed by atoms with Crippen molar-refractivity contribution in [1.29, 1.82) is 0 Å². The standard InChI is InChI=1S/C18H34O4/c1-2-22-18(21)16-14-12-10-8-6-4-3-5-7-9-11-13-15-17(19)20/h2-16H2,1H3,(H,19,20). The third-order valence-corrected chi connectivity index (χ3v) is 3.83. The number of carboxylic acid groups (broad SMARTS) is 1. The van der Waals surface area contributed by atoms with Crippen molar-refractivity contribution in [1.82, 2.24) is 0 Å². The molecule has 22 heavy (non-hydrogen) atoms. The lowest BCUT2D eigenvalue weighted by atomic mass is 10.0. The van der Waals surface area contributed by atoms with Crippen LogP contribution in [-0.4, -0.2) is 23.7 Å². The highest BCUT2D eigenvalue weighted by Gasteiger charge is 2.00. The Bertz CT molecular complexity index is 276. The van der Waals surface area contributed by atoms with Crippen LogP contribution in [0.5, 0.6) is 0 Å². The van der Waals surface area contributed by atoms with Gasteiger partial charge < -0.3 is 9.84 Å². The summed E-state index contributed by atoms with van der Waals surface area (Å²) in [5.74, 6) is -0.742. The molecular formula is C18H34O4. The van der Waals surface area contributed by atoms with Gasteiger partial charge in [0.1, 0.15) is 0 Å². The van der Waals surface area contributed by atoms with Crippen molar-refractivity contribution in [2.75, 3.05) is 6.61 Å². The van der Waals surface area contributed by atoms with Crippen LogP contribution in [0.4, 0.5) is 0 Å². The van der Waals surface area contributed by atoms with Crippen molar-refractivity contribution in [2.24, 2.45) is 0 Å². The molecule has 0 saturated heterocycles. The Morgan fingerprint density at radius 3 is 1.41 bits per heavy atom. The Labute approximate surface area is 135 Å². The van der Waals surface area contributed by atoms with Gasteiger partial charge in [-0.25, -0.2) is 0 Å². The van der Waals surface area contributed by atoms with Crippen molar-refractivity contribution in [3.63, 3.8) is 0 Å². The lowest BCUT2D eigenvalue weighted by Gasteiger charge is -2.03. The van der Waals surface area contributed by atoms with Crippen molar-refractivity contribution in [3.05, 3.63) is 0 Å². The molecule has 0 rings (SSSR count). The quantitative estimate of drug-likeness (QED) is 0.318. The predicted molar refractivity (Wildman–Crippen MR) is 88.9 cm³/mol. The van der Waals surface area contributed by atoms with Crippen LogP contribution < -0.4 is 0 Å². The van der Waals surface area contributed by atoms with Crippen molar-refractivity contribution >= 4 is 11.9 Å². The average Bonchev–Trinajstić information content (AvgIpc) is 2.47. The molecule has 0 aliphatic heterocycles. The molecule has 0 fully saturated rings. The Balaban J connectivity index is 3.05. The average molecular weight is 314 g/mol. The minimum Gasteiger partial charge on any atom is -0.481 e. The first-order chi connectivity index (χ1) is 10.7. The third kappa shape index (κ3) is 17.0. The monoisotopic (exact) mass is 314 g/mol. The summed E-state index contributed by atoms with van der Waals surface area (Å²) in [5, 5.41) is 8.52. The number of rotatable bonds is 16. The second-order valence-corrected chi connectivity index (χ2v) is 5.94. The molecule has 0 aromatic heterocycles. The molecule has 0 aromatic rings. The van der Waals surface area contributed by atoms with Crippen molar-refractivity contribution in [3.8, 4) is 0 Å². The lowest BCUT2D eigenvalue weighted by Crippen LogP contribution is -2.03. The SMILES string of the molecule is CCOC(=O)CCCCCCCCCCCCCCC(=O)O.